The first-order valence-electron chi connectivity index (χ1n) is 8.18. The van der Waals surface area contributed by atoms with Gasteiger partial charge in [0.15, 0.2) is 0 Å². The van der Waals surface area contributed by atoms with Gasteiger partial charge >= 0.3 is 0 Å². The van der Waals surface area contributed by atoms with E-state index in [-0.39, 0.29) is 11.4 Å². The molecule has 1 fully saturated rings. The van der Waals surface area contributed by atoms with E-state index in [1.807, 2.05) is 6.07 Å². The predicted octanol–water partition coefficient (Wildman–Crippen LogP) is 1.36. The van der Waals surface area contributed by atoms with Crippen LogP contribution in [-0.4, -0.2) is 57.8 Å². The minimum atomic E-state index is -3.56. The van der Waals surface area contributed by atoms with Crippen LogP contribution in [0.3, 0.4) is 0 Å². The Kier molecular flexibility index (Phi) is 6.25. The van der Waals surface area contributed by atoms with Crippen molar-refractivity contribution in [3.05, 3.63) is 41.7 Å². The van der Waals surface area contributed by atoms with Crippen molar-refractivity contribution in [2.75, 3.05) is 49.6 Å². The molecular weight excluding hydrogens is 378 g/mol. The third-order valence-corrected chi connectivity index (χ3v) is 5.56. The first-order chi connectivity index (χ1) is 12.5. The third kappa shape index (κ3) is 5.04. The molecular formula is C16H20ClN5O3S. The van der Waals surface area contributed by atoms with Crippen molar-refractivity contribution in [1.82, 2.24) is 14.7 Å². The number of morpholine rings is 1. The van der Waals surface area contributed by atoms with Crippen molar-refractivity contribution in [1.29, 1.82) is 0 Å². The maximum atomic E-state index is 12.2. The van der Waals surface area contributed by atoms with Gasteiger partial charge in [-0.1, -0.05) is 11.6 Å². The first kappa shape index (κ1) is 18.8. The second kappa shape index (κ2) is 8.63. The fraction of sp³-hybridized carbons (Fsp3) is 0.375. The molecule has 10 heteroatoms. The summed E-state index contributed by atoms with van der Waals surface area (Å²) >= 11 is 5.78. The number of benzene rings is 1. The summed E-state index contributed by atoms with van der Waals surface area (Å²) in [6, 6.07) is 7.87. The zero-order valence-electron chi connectivity index (χ0n) is 14.1. The second-order valence-corrected chi connectivity index (χ2v) is 7.84. The monoisotopic (exact) mass is 397 g/mol. The van der Waals surface area contributed by atoms with Crippen LogP contribution in [-0.2, 0) is 14.8 Å². The molecule has 1 aliphatic heterocycles. The number of hydrogen-bond acceptors (Lipinski definition) is 7. The molecule has 2 aromatic rings. The Morgan fingerprint density at radius 3 is 2.58 bits per heavy atom. The van der Waals surface area contributed by atoms with Gasteiger partial charge in [0.05, 0.1) is 18.1 Å². The van der Waals surface area contributed by atoms with Crippen molar-refractivity contribution in [2.45, 2.75) is 4.90 Å². The van der Waals surface area contributed by atoms with Crippen LogP contribution in [0.4, 0.5) is 11.6 Å². The van der Waals surface area contributed by atoms with Crippen LogP contribution in [0, 0.1) is 0 Å². The Morgan fingerprint density at radius 2 is 1.85 bits per heavy atom. The smallest absolute Gasteiger partial charge is 0.240 e. The van der Waals surface area contributed by atoms with Gasteiger partial charge in [-0.2, -0.15) is 0 Å². The van der Waals surface area contributed by atoms with Gasteiger partial charge in [-0.15, -0.1) is 0 Å². The summed E-state index contributed by atoms with van der Waals surface area (Å²) in [5, 5.41) is 3.59. The average molecular weight is 398 g/mol. The molecule has 26 heavy (non-hydrogen) atoms. The first-order valence-corrected chi connectivity index (χ1v) is 10.0. The average Bonchev–Trinajstić information content (AvgIpc) is 2.67. The zero-order valence-corrected chi connectivity index (χ0v) is 15.6. The predicted molar refractivity (Wildman–Crippen MR) is 100 cm³/mol. The molecule has 1 aromatic carbocycles. The number of sulfonamides is 1. The van der Waals surface area contributed by atoms with Gasteiger partial charge in [-0.25, -0.2) is 23.1 Å². The normalized spacial score (nSPS) is 15.0. The molecule has 0 saturated carbocycles. The van der Waals surface area contributed by atoms with E-state index in [0.717, 1.165) is 18.9 Å². The molecule has 0 radical (unpaired) electrons. The molecule has 8 nitrogen and oxygen atoms in total. The number of anilines is 2. The molecule has 2 N–H and O–H groups in total. The lowest BCUT2D eigenvalue weighted by molar-refractivity contribution is 0.122. The number of halogens is 1. The molecule has 140 valence electrons. The minimum Gasteiger partial charge on any atom is -0.378 e. The molecule has 0 spiro atoms. The third-order valence-electron chi connectivity index (χ3n) is 3.83. The van der Waals surface area contributed by atoms with Gasteiger partial charge in [0, 0.05) is 37.3 Å². The van der Waals surface area contributed by atoms with E-state index in [2.05, 4.69) is 24.9 Å². The molecule has 2 heterocycles. The summed E-state index contributed by atoms with van der Waals surface area (Å²) in [6.07, 6.45) is 1.49. The van der Waals surface area contributed by atoms with E-state index in [0.29, 0.717) is 30.6 Å². The van der Waals surface area contributed by atoms with Crippen LogP contribution in [0.15, 0.2) is 41.6 Å². The lowest BCUT2D eigenvalue weighted by Crippen LogP contribution is -2.36. The van der Waals surface area contributed by atoms with Crippen molar-refractivity contribution in [2.24, 2.45) is 0 Å². The lowest BCUT2D eigenvalue weighted by atomic mass is 10.4. The summed E-state index contributed by atoms with van der Waals surface area (Å²) in [7, 11) is -3.56. The van der Waals surface area contributed by atoms with E-state index in [4.69, 9.17) is 16.3 Å². The van der Waals surface area contributed by atoms with Gasteiger partial charge in [-0.05, 0) is 24.3 Å². The molecule has 0 amide bonds. The van der Waals surface area contributed by atoms with Crippen LogP contribution in [0.25, 0.3) is 0 Å². The molecule has 0 bridgehead atoms. The van der Waals surface area contributed by atoms with Crippen molar-refractivity contribution in [3.8, 4) is 0 Å². The lowest BCUT2D eigenvalue weighted by Gasteiger charge is -2.27. The van der Waals surface area contributed by atoms with Gasteiger partial charge < -0.3 is 15.0 Å². The van der Waals surface area contributed by atoms with Crippen LogP contribution in [0.2, 0.25) is 5.02 Å². The molecule has 0 aliphatic carbocycles. The summed E-state index contributed by atoms with van der Waals surface area (Å²) in [5.41, 5.74) is 0. The van der Waals surface area contributed by atoms with Gasteiger partial charge in [0.1, 0.15) is 18.0 Å². The number of rotatable bonds is 7. The SMILES string of the molecule is O=S(=O)(NCCNc1cc(N2CCOCC2)ncn1)c1ccc(Cl)cc1. The van der Waals surface area contributed by atoms with E-state index in [9.17, 15) is 8.42 Å². The molecule has 0 unspecified atom stereocenters. The maximum absolute atomic E-state index is 12.2. The minimum absolute atomic E-state index is 0.179. The number of hydrogen-bond donors (Lipinski definition) is 2. The van der Waals surface area contributed by atoms with E-state index >= 15 is 0 Å². The fourth-order valence-corrected chi connectivity index (χ4v) is 3.64. The second-order valence-electron chi connectivity index (χ2n) is 5.64. The van der Waals surface area contributed by atoms with Crippen LogP contribution < -0.4 is 14.9 Å². The summed E-state index contributed by atoms with van der Waals surface area (Å²) in [5.74, 6) is 1.47. The summed E-state index contributed by atoms with van der Waals surface area (Å²) < 4.78 is 32.3. The fourth-order valence-electron chi connectivity index (χ4n) is 2.48. The molecule has 0 atom stereocenters. The standard InChI is InChI=1S/C16H20ClN5O3S/c17-13-1-3-14(4-2-13)26(23,24)21-6-5-18-15-11-16(20-12-19-15)22-7-9-25-10-8-22/h1-4,11-12,21H,5-10H2,(H,18,19,20). The summed E-state index contributed by atoms with van der Waals surface area (Å²) in [6.45, 7) is 3.56. The van der Waals surface area contributed by atoms with Gasteiger partial charge in [0.25, 0.3) is 0 Å². The van der Waals surface area contributed by atoms with E-state index < -0.39 is 10.0 Å². The molecule has 3 rings (SSSR count). The Bertz CT molecular complexity index is 826. The Labute approximate surface area is 157 Å². The molecule has 1 aromatic heterocycles. The number of aromatic nitrogens is 2. The van der Waals surface area contributed by atoms with Crippen LogP contribution >= 0.6 is 11.6 Å². The highest BCUT2D eigenvalue weighted by Gasteiger charge is 2.14. The Hall–Kier alpha value is -1.94. The van der Waals surface area contributed by atoms with Gasteiger partial charge in [0.2, 0.25) is 10.0 Å². The largest absolute Gasteiger partial charge is 0.378 e. The number of nitrogens with one attached hydrogen (secondary N) is 2. The maximum Gasteiger partial charge on any atom is 0.240 e. The Morgan fingerprint density at radius 1 is 1.12 bits per heavy atom. The summed E-state index contributed by atoms with van der Waals surface area (Å²) in [4.78, 5) is 10.7. The highest BCUT2D eigenvalue weighted by atomic mass is 35.5. The van der Waals surface area contributed by atoms with Crippen molar-refractivity contribution < 1.29 is 13.2 Å². The highest BCUT2D eigenvalue weighted by molar-refractivity contribution is 7.89. The molecule has 1 aliphatic rings. The van der Waals surface area contributed by atoms with Gasteiger partial charge in [-0.3, -0.25) is 0 Å². The quantitative estimate of drug-likeness (QED) is 0.681. The van der Waals surface area contributed by atoms with Crippen molar-refractivity contribution >= 4 is 33.3 Å². The van der Waals surface area contributed by atoms with E-state index in [1.54, 1.807) is 12.1 Å². The number of ether oxygens (including phenoxy) is 1. The van der Waals surface area contributed by atoms with Crippen molar-refractivity contribution in [3.63, 3.8) is 0 Å². The topological polar surface area (TPSA) is 96.5 Å². The van der Waals surface area contributed by atoms with E-state index in [1.165, 1.54) is 18.5 Å². The Balaban J connectivity index is 1.51. The van der Waals surface area contributed by atoms with Crippen LogP contribution in [0.1, 0.15) is 0 Å². The zero-order chi connectivity index (χ0) is 18.4. The van der Waals surface area contributed by atoms with Crippen LogP contribution in [0.5, 0.6) is 0 Å². The molecule has 1 saturated heterocycles. The number of nitrogens with zero attached hydrogens (tertiary/aromatic N) is 3. The highest BCUT2D eigenvalue weighted by Crippen LogP contribution is 2.15.